The SMILES string of the molecule is [CH2]CCCCCCCCCC(=O)[N]C1(NC(N)=O)CCC1. The molecule has 0 spiro atoms. The van der Waals surface area contributed by atoms with Gasteiger partial charge in [-0.15, -0.1) is 0 Å². The lowest BCUT2D eigenvalue weighted by atomic mass is 9.84. The van der Waals surface area contributed by atoms with Gasteiger partial charge in [0.2, 0.25) is 5.91 Å². The largest absolute Gasteiger partial charge is 0.352 e. The Morgan fingerprint density at radius 1 is 1.05 bits per heavy atom. The highest BCUT2D eigenvalue weighted by molar-refractivity contribution is 5.78. The Kier molecular flexibility index (Phi) is 8.16. The van der Waals surface area contributed by atoms with E-state index in [1.807, 2.05) is 0 Å². The fourth-order valence-electron chi connectivity index (χ4n) is 2.64. The Morgan fingerprint density at radius 2 is 1.62 bits per heavy atom. The molecule has 0 bridgehead atoms. The van der Waals surface area contributed by atoms with Crippen LogP contribution in [-0.4, -0.2) is 17.6 Å². The van der Waals surface area contributed by atoms with E-state index in [4.69, 9.17) is 5.73 Å². The highest BCUT2D eigenvalue weighted by Gasteiger charge is 2.41. The van der Waals surface area contributed by atoms with Gasteiger partial charge in [0.05, 0.1) is 0 Å². The lowest BCUT2D eigenvalue weighted by Crippen LogP contribution is -2.62. The number of nitrogens with zero attached hydrogens (tertiary/aromatic N) is 1. The van der Waals surface area contributed by atoms with E-state index < -0.39 is 11.7 Å². The topological polar surface area (TPSA) is 86.3 Å². The van der Waals surface area contributed by atoms with Crippen LogP contribution in [0.15, 0.2) is 0 Å². The van der Waals surface area contributed by atoms with Crippen LogP contribution in [-0.2, 0) is 4.79 Å². The molecule has 0 aliphatic heterocycles. The summed E-state index contributed by atoms with van der Waals surface area (Å²) in [5, 5.41) is 6.75. The molecule has 0 heterocycles. The number of carbonyl (C=O) groups excluding carboxylic acids is 2. The zero-order chi connectivity index (χ0) is 15.6. The molecule has 0 aromatic heterocycles. The molecule has 1 aliphatic carbocycles. The number of amides is 3. The summed E-state index contributed by atoms with van der Waals surface area (Å²) in [7, 11) is 0. The predicted molar refractivity (Wildman–Crippen MR) is 83.4 cm³/mol. The van der Waals surface area contributed by atoms with E-state index in [0.29, 0.717) is 19.3 Å². The third-order valence-corrected chi connectivity index (χ3v) is 4.02. The molecule has 1 fully saturated rings. The fraction of sp³-hybridized carbons (Fsp3) is 0.812. The summed E-state index contributed by atoms with van der Waals surface area (Å²) in [5.41, 5.74) is 4.43. The van der Waals surface area contributed by atoms with Crippen molar-refractivity contribution in [2.75, 3.05) is 0 Å². The van der Waals surface area contributed by atoms with Crippen LogP contribution in [0.1, 0.15) is 77.0 Å². The maximum atomic E-state index is 11.8. The van der Waals surface area contributed by atoms with Crippen LogP contribution in [0.2, 0.25) is 0 Å². The number of urea groups is 1. The summed E-state index contributed by atoms with van der Waals surface area (Å²) in [4.78, 5) is 22.8. The van der Waals surface area contributed by atoms with Crippen molar-refractivity contribution in [2.24, 2.45) is 5.73 Å². The number of rotatable bonds is 11. The normalized spacial score (nSPS) is 16.0. The van der Waals surface area contributed by atoms with Gasteiger partial charge in [0.1, 0.15) is 5.66 Å². The van der Waals surface area contributed by atoms with Gasteiger partial charge in [-0.3, -0.25) is 4.79 Å². The number of primary amides is 1. The van der Waals surface area contributed by atoms with E-state index in [1.54, 1.807) is 0 Å². The Hall–Kier alpha value is -1.26. The molecule has 0 aromatic rings. The van der Waals surface area contributed by atoms with Crippen LogP contribution in [0.3, 0.4) is 0 Å². The molecule has 0 unspecified atom stereocenters. The molecular weight excluding hydrogens is 266 g/mol. The number of unbranched alkanes of at least 4 members (excludes halogenated alkanes) is 7. The van der Waals surface area contributed by atoms with Gasteiger partial charge in [0, 0.05) is 6.42 Å². The Morgan fingerprint density at radius 3 is 2.10 bits per heavy atom. The molecule has 0 aromatic carbocycles. The number of nitrogens with one attached hydrogen (secondary N) is 1. The zero-order valence-electron chi connectivity index (χ0n) is 13.0. The molecule has 2 radical (unpaired) electrons. The Balaban J connectivity index is 2.04. The van der Waals surface area contributed by atoms with E-state index in [9.17, 15) is 9.59 Å². The van der Waals surface area contributed by atoms with Gasteiger partial charge < -0.3 is 11.1 Å². The molecule has 5 nitrogen and oxygen atoms in total. The first-order valence-corrected chi connectivity index (χ1v) is 8.20. The average Bonchev–Trinajstić information content (AvgIpc) is 2.38. The first-order chi connectivity index (χ1) is 10.1. The molecule has 1 rings (SSSR count). The first kappa shape index (κ1) is 17.8. The third-order valence-electron chi connectivity index (χ3n) is 4.02. The van der Waals surface area contributed by atoms with Gasteiger partial charge in [-0.1, -0.05) is 51.9 Å². The fourth-order valence-corrected chi connectivity index (χ4v) is 2.64. The van der Waals surface area contributed by atoms with E-state index >= 15 is 0 Å². The van der Waals surface area contributed by atoms with Crippen LogP contribution in [0.5, 0.6) is 0 Å². The molecule has 0 atom stereocenters. The molecule has 0 saturated heterocycles. The Labute approximate surface area is 128 Å². The van der Waals surface area contributed by atoms with Crippen molar-refractivity contribution in [1.82, 2.24) is 10.6 Å². The van der Waals surface area contributed by atoms with E-state index in [2.05, 4.69) is 17.6 Å². The summed E-state index contributed by atoms with van der Waals surface area (Å²) in [6.07, 6.45) is 12.0. The minimum Gasteiger partial charge on any atom is -0.352 e. The third kappa shape index (κ3) is 7.34. The van der Waals surface area contributed by atoms with Crippen molar-refractivity contribution in [1.29, 1.82) is 0 Å². The molecule has 3 amide bonds. The second kappa shape index (κ2) is 9.64. The second-order valence-electron chi connectivity index (χ2n) is 5.96. The summed E-state index contributed by atoms with van der Waals surface area (Å²) < 4.78 is 0. The van der Waals surface area contributed by atoms with Gasteiger partial charge in [0.25, 0.3) is 0 Å². The van der Waals surface area contributed by atoms with Gasteiger partial charge in [-0.05, 0) is 25.7 Å². The van der Waals surface area contributed by atoms with Crippen molar-refractivity contribution >= 4 is 11.9 Å². The number of hydrogen-bond donors (Lipinski definition) is 2. The van der Waals surface area contributed by atoms with E-state index in [-0.39, 0.29) is 5.91 Å². The van der Waals surface area contributed by atoms with Gasteiger partial charge in [0.15, 0.2) is 0 Å². The summed E-state index contributed by atoms with van der Waals surface area (Å²) in [6.45, 7) is 3.83. The molecule has 21 heavy (non-hydrogen) atoms. The van der Waals surface area contributed by atoms with E-state index in [0.717, 1.165) is 25.7 Å². The van der Waals surface area contributed by atoms with Gasteiger partial charge in [-0.2, -0.15) is 0 Å². The quantitative estimate of drug-likeness (QED) is 0.574. The summed E-state index contributed by atoms with van der Waals surface area (Å²) in [5.74, 6) is -0.111. The van der Waals surface area contributed by atoms with Crippen LogP contribution in [0.25, 0.3) is 0 Å². The molecule has 1 saturated carbocycles. The zero-order valence-corrected chi connectivity index (χ0v) is 13.0. The maximum absolute atomic E-state index is 11.8. The number of carbonyl (C=O) groups is 2. The molecule has 5 heteroatoms. The average molecular weight is 295 g/mol. The van der Waals surface area contributed by atoms with E-state index in [1.165, 1.54) is 32.1 Å². The van der Waals surface area contributed by atoms with Crippen LogP contribution in [0, 0.1) is 6.92 Å². The molecule has 120 valence electrons. The minimum absolute atomic E-state index is 0.111. The molecule has 3 N–H and O–H groups in total. The van der Waals surface area contributed by atoms with Gasteiger partial charge in [-0.25, -0.2) is 10.1 Å². The van der Waals surface area contributed by atoms with Crippen molar-refractivity contribution < 1.29 is 9.59 Å². The minimum atomic E-state index is -0.697. The standard InChI is InChI=1S/C16H29N3O2/c1-2-3-4-5-6-7-8-9-11-14(20)18-16(12-10-13-16)19-15(17)21/h1-13H2,(H3,17,19,21). The monoisotopic (exact) mass is 295 g/mol. The van der Waals surface area contributed by atoms with Gasteiger partial charge >= 0.3 is 6.03 Å². The highest BCUT2D eigenvalue weighted by atomic mass is 16.2. The Bertz CT molecular complexity index is 327. The summed E-state index contributed by atoms with van der Waals surface area (Å²) >= 11 is 0. The predicted octanol–water partition coefficient (Wildman–Crippen LogP) is 3.01. The van der Waals surface area contributed by atoms with Crippen LogP contribution in [0.4, 0.5) is 4.79 Å². The van der Waals surface area contributed by atoms with Crippen LogP contribution >= 0.6 is 0 Å². The number of hydrogen-bond acceptors (Lipinski definition) is 2. The van der Waals surface area contributed by atoms with Crippen molar-refractivity contribution in [3.63, 3.8) is 0 Å². The second-order valence-corrected chi connectivity index (χ2v) is 5.96. The maximum Gasteiger partial charge on any atom is 0.314 e. The molecular formula is C16H29N3O2. The van der Waals surface area contributed by atoms with Crippen molar-refractivity contribution in [3.8, 4) is 0 Å². The number of nitrogens with two attached hydrogens (primary N) is 1. The van der Waals surface area contributed by atoms with Crippen molar-refractivity contribution in [3.05, 3.63) is 6.92 Å². The molecule has 1 aliphatic rings. The van der Waals surface area contributed by atoms with Crippen molar-refractivity contribution in [2.45, 2.75) is 82.7 Å². The summed E-state index contributed by atoms with van der Waals surface area (Å²) in [6, 6.07) is -0.603. The lowest BCUT2D eigenvalue weighted by Gasteiger charge is -2.40. The lowest BCUT2D eigenvalue weighted by molar-refractivity contribution is -0.125. The highest BCUT2D eigenvalue weighted by Crippen LogP contribution is 2.30. The van der Waals surface area contributed by atoms with Crippen LogP contribution < -0.4 is 16.4 Å². The smallest absolute Gasteiger partial charge is 0.314 e. The first-order valence-electron chi connectivity index (χ1n) is 8.20.